The number of hydrogen-bond acceptors (Lipinski definition) is 8. The highest BCUT2D eigenvalue weighted by Crippen LogP contribution is 2.15. The lowest BCUT2D eigenvalue weighted by Gasteiger charge is -2.08. The van der Waals surface area contributed by atoms with E-state index in [2.05, 4.69) is 48.5 Å². The van der Waals surface area contributed by atoms with Gasteiger partial charge in [-0.25, -0.2) is 10.5 Å². The first-order chi connectivity index (χ1) is 10.3. The summed E-state index contributed by atoms with van der Waals surface area (Å²) in [4.78, 5) is 12.7. The van der Waals surface area contributed by atoms with Crippen LogP contribution in [0.15, 0.2) is 29.2 Å². The van der Waals surface area contributed by atoms with Crippen LogP contribution in [-0.4, -0.2) is 24.7 Å². The van der Waals surface area contributed by atoms with Gasteiger partial charge in [0.15, 0.2) is 0 Å². The van der Waals surface area contributed by atoms with Gasteiger partial charge in [0.25, 0.3) is 5.95 Å². The molecule has 3 heterocycles. The molecule has 9 heteroatoms. The molecule has 0 aliphatic carbocycles. The van der Waals surface area contributed by atoms with Crippen molar-refractivity contribution in [2.24, 2.45) is 5.84 Å². The van der Waals surface area contributed by atoms with Crippen molar-refractivity contribution in [2.75, 3.05) is 10.7 Å². The van der Waals surface area contributed by atoms with E-state index in [4.69, 9.17) is 5.84 Å². The maximum atomic E-state index is 5.40. The summed E-state index contributed by atoms with van der Waals surface area (Å²) in [5.41, 5.74) is 4.89. The predicted octanol–water partition coefficient (Wildman–Crippen LogP) is 1.32. The van der Waals surface area contributed by atoms with E-state index < -0.39 is 0 Å². The van der Waals surface area contributed by atoms with Crippen LogP contribution in [0.25, 0.3) is 5.95 Å². The molecule has 21 heavy (non-hydrogen) atoms. The summed E-state index contributed by atoms with van der Waals surface area (Å²) in [6.07, 6.45) is 3.41. The first-order valence-electron chi connectivity index (χ1n) is 6.24. The van der Waals surface area contributed by atoms with Crippen LogP contribution in [0, 0.1) is 6.92 Å². The molecular weight excluding hydrogens is 288 g/mol. The molecule has 0 saturated heterocycles. The summed E-state index contributed by atoms with van der Waals surface area (Å²) in [6, 6.07) is 1.79. The third kappa shape index (κ3) is 2.98. The van der Waals surface area contributed by atoms with Gasteiger partial charge in [-0.05, 0) is 34.9 Å². The molecule has 0 atom stereocenters. The summed E-state index contributed by atoms with van der Waals surface area (Å²) >= 11 is 1.67. The van der Waals surface area contributed by atoms with Crippen molar-refractivity contribution in [2.45, 2.75) is 13.5 Å². The third-order valence-electron chi connectivity index (χ3n) is 2.86. The van der Waals surface area contributed by atoms with E-state index in [0.29, 0.717) is 18.4 Å². The lowest BCUT2D eigenvalue weighted by atomic mass is 10.2. The number of anilines is 2. The Hall–Kier alpha value is -2.52. The summed E-state index contributed by atoms with van der Waals surface area (Å²) in [5, 5.41) is 11.5. The second-order valence-corrected chi connectivity index (χ2v) is 5.05. The van der Waals surface area contributed by atoms with Crippen LogP contribution < -0.4 is 16.6 Å². The average molecular weight is 302 g/mol. The smallest absolute Gasteiger partial charge is 0.257 e. The quantitative estimate of drug-likeness (QED) is 0.482. The molecular formula is C12H14N8S. The van der Waals surface area contributed by atoms with Crippen molar-refractivity contribution in [1.29, 1.82) is 0 Å². The van der Waals surface area contributed by atoms with Crippen molar-refractivity contribution in [3.8, 4) is 5.95 Å². The highest BCUT2D eigenvalue weighted by Gasteiger charge is 2.08. The number of aromatic nitrogens is 5. The monoisotopic (exact) mass is 302 g/mol. The van der Waals surface area contributed by atoms with Gasteiger partial charge >= 0.3 is 0 Å². The topological polar surface area (TPSA) is 107 Å². The maximum Gasteiger partial charge on any atom is 0.257 e. The largest absolute Gasteiger partial charge is 0.350 e. The number of rotatable bonds is 5. The minimum atomic E-state index is 0.278. The molecule has 8 nitrogen and oxygen atoms in total. The Morgan fingerprint density at radius 3 is 2.76 bits per heavy atom. The fraction of sp³-hybridized carbons (Fsp3) is 0.167. The van der Waals surface area contributed by atoms with Crippen molar-refractivity contribution >= 4 is 23.2 Å². The summed E-state index contributed by atoms with van der Waals surface area (Å²) < 4.78 is 1.55. The molecule has 0 bridgehead atoms. The summed E-state index contributed by atoms with van der Waals surface area (Å²) in [5.74, 6) is 6.51. The molecule has 0 aliphatic heterocycles. The van der Waals surface area contributed by atoms with Gasteiger partial charge in [-0.15, -0.1) is 0 Å². The molecule has 108 valence electrons. The van der Waals surface area contributed by atoms with Crippen molar-refractivity contribution in [1.82, 2.24) is 24.7 Å². The van der Waals surface area contributed by atoms with Gasteiger partial charge < -0.3 is 5.32 Å². The molecule has 0 saturated carbocycles. The number of nitrogens with two attached hydrogens (primary N) is 1. The van der Waals surface area contributed by atoms with Gasteiger partial charge in [-0.2, -0.15) is 31.4 Å². The molecule has 0 fully saturated rings. The normalized spacial score (nSPS) is 10.6. The lowest BCUT2D eigenvalue weighted by Crippen LogP contribution is -2.16. The standard InChI is InChI=1S/C12H14N8S/c1-8-6-21-7-9(8)5-14-10-16-11(19-13)18-12(17-10)20-4-2-3-15-20/h2-4,6-7H,5,13H2,1H3,(H2,14,16,17,18,19). The summed E-state index contributed by atoms with van der Waals surface area (Å²) in [6.45, 7) is 2.71. The highest BCUT2D eigenvalue weighted by atomic mass is 32.1. The number of hydrazine groups is 1. The van der Waals surface area contributed by atoms with Gasteiger partial charge in [0, 0.05) is 18.9 Å². The molecule has 3 rings (SSSR count). The maximum absolute atomic E-state index is 5.40. The zero-order valence-electron chi connectivity index (χ0n) is 11.3. The van der Waals surface area contributed by atoms with E-state index in [9.17, 15) is 0 Å². The van der Waals surface area contributed by atoms with E-state index in [1.807, 2.05) is 0 Å². The van der Waals surface area contributed by atoms with Crippen LogP contribution in [0.2, 0.25) is 0 Å². The zero-order chi connectivity index (χ0) is 14.7. The van der Waals surface area contributed by atoms with Gasteiger partial charge in [-0.1, -0.05) is 0 Å². The second kappa shape index (κ2) is 5.85. The van der Waals surface area contributed by atoms with Crippen LogP contribution in [0.5, 0.6) is 0 Å². The van der Waals surface area contributed by atoms with E-state index in [0.717, 1.165) is 0 Å². The first kappa shape index (κ1) is 13.5. The molecule has 0 unspecified atom stereocenters. The predicted molar refractivity (Wildman–Crippen MR) is 81.1 cm³/mol. The Bertz CT molecular complexity index is 721. The molecule has 0 aromatic carbocycles. The SMILES string of the molecule is Cc1cscc1CNc1nc(NN)nc(-n2cccn2)n1. The van der Waals surface area contributed by atoms with Crippen LogP contribution in [0.3, 0.4) is 0 Å². The van der Waals surface area contributed by atoms with Gasteiger partial charge in [0.05, 0.1) is 0 Å². The summed E-state index contributed by atoms with van der Waals surface area (Å²) in [7, 11) is 0. The highest BCUT2D eigenvalue weighted by molar-refractivity contribution is 7.08. The Labute approximate surface area is 125 Å². The van der Waals surface area contributed by atoms with Crippen LogP contribution in [0.4, 0.5) is 11.9 Å². The van der Waals surface area contributed by atoms with Crippen molar-refractivity contribution < 1.29 is 0 Å². The average Bonchev–Trinajstić information content (AvgIpc) is 3.16. The molecule has 4 N–H and O–H groups in total. The number of nitrogens with one attached hydrogen (secondary N) is 2. The van der Waals surface area contributed by atoms with E-state index >= 15 is 0 Å². The Morgan fingerprint density at radius 1 is 1.24 bits per heavy atom. The number of aryl methyl sites for hydroxylation is 1. The number of thiophene rings is 1. The van der Waals surface area contributed by atoms with Crippen LogP contribution in [-0.2, 0) is 6.54 Å². The molecule has 3 aromatic rings. The van der Waals surface area contributed by atoms with Gasteiger partial charge in [-0.3, -0.25) is 5.43 Å². The van der Waals surface area contributed by atoms with Crippen LogP contribution in [0.1, 0.15) is 11.1 Å². The number of hydrogen-bond donors (Lipinski definition) is 3. The molecule has 0 radical (unpaired) electrons. The lowest BCUT2D eigenvalue weighted by molar-refractivity contribution is 0.795. The zero-order valence-corrected chi connectivity index (χ0v) is 12.1. The molecule has 0 amide bonds. The van der Waals surface area contributed by atoms with Gasteiger partial charge in [0.1, 0.15) is 0 Å². The molecule has 0 aliphatic rings. The minimum absolute atomic E-state index is 0.278. The van der Waals surface area contributed by atoms with Crippen LogP contribution >= 0.6 is 11.3 Å². The number of nitrogens with zero attached hydrogens (tertiary/aromatic N) is 5. The van der Waals surface area contributed by atoms with Crippen molar-refractivity contribution in [3.05, 3.63) is 40.3 Å². The van der Waals surface area contributed by atoms with E-state index in [1.54, 1.807) is 34.5 Å². The Balaban J connectivity index is 1.84. The first-order valence-corrected chi connectivity index (χ1v) is 7.19. The van der Waals surface area contributed by atoms with Gasteiger partial charge in [0.2, 0.25) is 11.9 Å². The minimum Gasteiger partial charge on any atom is -0.350 e. The second-order valence-electron chi connectivity index (χ2n) is 4.31. The van der Waals surface area contributed by atoms with Crippen molar-refractivity contribution in [3.63, 3.8) is 0 Å². The third-order valence-corrected chi connectivity index (χ3v) is 3.77. The van der Waals surface area contributed by atoms with E-state index in [1.165, 1.54) is 11.1 Å². The fourth-order valence-electron chi connectivity index (χ4n) is 1.74. The molecule has 3 aromatic heterocycles. The fourth-order valence-corrected chi connectivity index (χ4v) is 2.60. The number of nitrogen functional groups attached to an aromatic ring is 1. The molecule has 0 spiro atoms. The Morgan fingerprint density at radius 2 is 2.10 bits per heavy atom. The van der Waals surface area contributed by atoms with E-state index in [-0.39, 0.29) is 5.95 Å². The Kier molecular flexibility index (Phi) is 3.75.